The predicted octanol–water partition coefficient (Wildman–Crippen LogP) is 3.99. The quantitative estimate of drug-likeness (QED) is 0.762. The Labute approximate surface area is 162 Å². The summed E-state index contributed by atoms with van der Waals surface area (Å²) in [4.78, 5) is 26.2. The van der Waals surface area contributed by atoms with Crippen molar-refractivity contribution in [2.45, 2.75) is 65.0 Å². The Kier molecular flexibility index (Phi) is 7.51. The highest BCUT2D eigenvalue weighted by Crippen LogP contribution is 2.17. The maximum absolute atomic E-state index is 12.4. The fraction of sp³-hybridized carbons (Fsp3) is 0.619. The molecule has 0 radical (unpaired) electrons. The summed E-state index contributed by atoms with van der Waals surface area (Å²) in [7, 11) is 0. The third-order valence-corrected chi connectivity index (χ3v) is 4.36. The van der Waals surface area contributed by atoms with Gasteiger partial charge in [-0.15, -0.1) is 0 Å². The van der Waals surface area contributed by atoms with Crippen LogP contribution in [0.25, 0.3) is 0 Å². The zero-order valence-corrected chi connectivity index (χ0v) is 16.9. The minimum atomic E-state index is -0.492. The smallest absolute Gasteiger partial charge is 0.410 e. The van der Waals surface area contributed by atoms with Gasteiger partial charge < -0.3 is 19.7 Å². The first-order valence-corrected chi connectivity index (χ1v) is 9.80. The summed E-state index contributed by atoms with van der Waals surface area (Å²) in [6.45, 7) is 9.56. The Balaban J connectivity index is 1.78. The first-order chi connectivity index (χ1) is 12.8. The Bertz CT molecular complexity index is 614. The summed E-state index contributed by atoms with van der Waals surface area (Å²) < 4.78 is 11.0. The Morgan fingerprint density at radius 2 is 1.78 bits per heavy atom. The van der Waals surface area contributed by atoms with Crippen LogP contribution in [-0.4, -0.2) is 48.2 Å². The molecule has 0 aliphatic carbocycles. The third-order valence-electron chi connectivity index (χ3n) is 4.36. The fourth-order valence-corrected chi connectivity index (χ4v) is 2.84. The topological polar surface area (TPSA) is 67.9 Å². The van der Waals surface area contributed by atoms with Crippen molar-refractivity contribution < 1.29 is 19.1 Å². The standard InChI is InChI=1S/C21H32N2O4/c1-5-6-15-26-18-9-7-16(8-10-18)19(24)22-17-11-13-23(14-12-17)20(25)27-21(2,3)4/h7-10,17H,5-6,11-15H2,1-4H3,(H,22,24). The highest BCUT2D eigenvalue weighted by atomic mass is 16.6. The molecule has 1 heterocycles. The van der Waals surface area contributed by atoms with Crippen molar-refractivity contribution in [1.82, 2.24) is 10.2 Å². The zero-order valence-electron chi connectivity index (χ0n) is 16.9. The van der Waals surface area contributed by atoms with Gasteiger partial charge in [-0.05, 0) is 64.3 Å². The lowest BCUT2D eigenvalue weighted by atomic mass is 10.0. The van der Waals surface area contributed by atoms with E-state index in [4.69, 9.17) is 9.47 Å². The van der Waals surface area contributed by atoms with Crippen molar-refractivity contribution >= 4 is 12.0 Å². The van der Waals surface area contributed by atoms with Crippen LogP contribution in [0, 0.1) is 0 Å². The van der Waals surface area contributed by atoms with Gasteiger partial charge in [0.25, 0.3) is 5.91 Å². The van der Waals surface area contributed by atoms with Crippen LogP contribution in [0.15, 0.2) is 24.3 Å². The van der Waals surface area contributed by atoms with Crippen LogP contribution in [-0.2, 0) is 4.74 Å². The molecule has 1 saturated heterocycles. The predicted molar refractivity (Wildman–Crippen MR) is 105 cm³/mol. The number of amides is 2. The van der Waals surface area contributed by atoms with Gasteiger partial charge in [0.05, 0.1) is 6.61 Å². The molecule has 2 rings (SSSR count). The van der Waals surface area contributed by atoms with Crippen molar-refractivity contribution in [3.05, 3.63) is 29.8 Å². The Hall–Kier alpha value is -2.24. The number of rotatable bonds is 6. The minimum absolute atomic E-state index is 0.0664. The maximum Gasteiger partial charge on any atom is 0.410 e. The summed E-state index contributed by atoms with van der Waals surface area (Å²) in [5.41, 5.74) is 0.126. The van der Waals surface area contributed by atoms with Crippen LogP contribution < -0.4 is 10.1 Å². The second kappa shape index (κ2) is 9.62. The number of nitrogens with one attached hydrogen (secondary N) is 1. The summed E-state index contributed by atoms with van der Waals surface area (Å²) in [6, 6.07) is 7.29. The molecule has 1 fully saturated rings. The van der Waals surface area contributed by atoms with E-state index in [1.54, 1.807) is 17.0 Å². The van der Waals surface area contributed by atoms with E-state index in [1.807, 2.05) is 32.9 Å². The lowest BCUT2D eigenvalue weighted by Gasteiger charge is -2.33. The first kappa shape index (κ1) is 21.1. The number of hydrogen-bond donors (Lipinski definition) is 1. The lowest BCUT2D eigenvalue weighted by Crippen LogP contribution is -2.47. The molecule has 0 spiro atoms. The molecule has 27 heavy (non-hydrogen) atoms. The Morgan fingerprint density at radius 3 is 2.33 bits per heavy atom. The summed E-state index contributed by atoms with van der Waals surface area (Å²) in [5.74, 6) is 0.691. The second-order valence-corrected chi connectivity index (χ2v) is 7.94. The van der Waals surface area contributed by atoms with Gasteiger partial charge in [0, 0.05) is 24.7 Å². The average Bonchev–Trinajstić information content (AvgIpc) is 2.61. The van der Waals surface area contributed by atoms with Gasteiger partial charge in [-0.1, -0.05) is 13.3 Å². The van der Waals surface area contributed by atoms with Gasteiger partial charge in [-0.25, -0.2) is 4.79 Å². The van der Waals surface area contributed by atoms with Crippen molar-refractivity contribution in [3.63, 3.8) is 0 Å². The Morgan fingerprint density at radius 1 is 1.15 bits per heavy atom. The van der Waals surface area contributed by atoms with E-state index in [0.717, 1.165) is 31.4 Å². The molecular weight excluding hydrogens is 344 g/mol. The van der Waals surface area contributed by atoms with Crippen LogP contribution in [0.5, 0.6) is 5.75 Å². The van der Waals surface area contributed by atoms with Crippen molar-refractivity contribution in [2.24, 2.45) is 0 Å². The highest BCUT2D eigenvalue weighted by Gasteiger charge is 2.27. The molecule has 0 bridgehead atoms. The number of hydrogen-bond acceptors (Lipinski definition) is 4. The molecule has 150 valence electrons. The highest BCUT2D eigenvalue weighted by molar-refractivity contribution is 5.94. The van der Waals surface area contributed by atoms with Crippen LogP contribution in [0.4, 0.5) is 4.79 Å². The average molecular weight is 376 g/mol. The van der Waals surface area contributed by atoms with E-state index < -0.39 is 5.60 Å². The number of nitrogens with zero attached hydrogens (tertiary/aromatic N) is 1. The van der Waals surface area contributed by atoms with E-state index in [1.165, 1.54) is 0 Å². The van der Waals surface area contributed by atoms with E-state index in [9.17, 15) is 9.59 Å². The van der Waals surface area contributed by atoms with E-state index in [2.05, 4.69) is 12.2 Å². The van der Waals surface area contributed by atoms with Crippen molar-refractivity contribution in [1.29, 1.82) is 0 Å². The van der Waals surface area contributed by atoms with Crippen molar-refractivity contribution in [3.8, 4) is 5.75 Å². The van der Waals surface area contributed by atoms with E-state index in [0.29, 0.717) is 25.3 Å². The van der Waals surface area contributed by atoms with Crippen LogP contribution in [0.3, 0.4) is 0 Å². The monoisotopic (exact) mass is 376 g/mol. The lowest BCUT2D eigenvalue weighted by molar-refractivity contribution is 0.0199. The zero-order chi connectivity index (χ0) is 19.9. The number of carbonyl (C=O) groups is 2. The minimum Gasteiger partial charge on any atom is -0.494 e. The molecule has 0 atom stereocenters. The SMILES string of the molecule is CCCCOc1ccc(C(=O)NC2CCN(C(=O)OC(C)(C)C)CC2)cc1. The number of piperidine rings is 1. The molecule has 0 unspecified atom stereocenters. The molecule has 6 heteroatoms. The number of benzene rings is 1. The van der Waals surface area contributed by atoms with Crippen molar-refractivity contribution in [2.75, 3.05) is 19.7 Å². The molecule has 1 N–H and O–H groups in total. The van der Waals surface area contributed by atoms with Crippen LogP contribution in [0.1, 0.15) is 63.7 Å². The largest absolute Gasteiger partial charge is 0.494 e. The molecule has 0 saturated carbocycles. The van der Waals surface area contributed by atoms with Gasteiger partial charge in [-0.3, -0.25) is 4.79 Å². The summed E-state index contributed by atoms with van der Waals surface area (Å²) in [5, 5.41) is 3.06. The van der Waals surface area contributed by atoms with Crippen LogP contribution in [0.2, 0.25) is 0 Å². The molecule has 1 aliphatic rings. The fourth-order valence-electron chi connectivity index (χ4n) is 2.84. The summed E-state index contributed by atoms with van der Waals surface area (Å²) in [6.07, 6.45) is 3.27. The molecule has 0 aromatic heterocycles. The third kappa shape index (κ3) is 7.12. The van der Waals surface area contributed by atoms with Gasteiger partial charge >= 0.3 is 6.09 Å². The molecule has 1 aromatic rings. The normalized spacial score (nSPS) is 15.3. The van der Waals surface area contributed by atoms with Gasteiger partial charge in [0.1, 0.15) is 11.4 Å². The molecule has 6 nitrogen and oxygen atoms in total. The van der Waals surface area contributed by atoms with Crippen LogP contribution >= 0.6 is 0 Å². The van der Waals surface area contributed by atoms with Gasteiger partial charge in [0.15, 0.2) is 0 Å². The molecule has 2 amide bonds. The molecular formula is C21H32N2O4. The first-order valence-electron chi connectivity index (χ1n) is 9.80. The number of unbranched alkanes of at least 4 members (excludes halogenated alkanes) is 1. The van der Waals surface area contributed by atoms with Gasteiger partial charge in [0.2, 0.25) is 0 Å². The maximum atomic E-state index is 12.4. The molecule has 1 aliphatic heterocycles. The number of likely N-dealkylation sites (tertiary alicyclic amines) is 1. The van der Waals surface area contributed by atoms with E-state index >= 15 is 0 Å². The number of carbonyl (C=O) groups excluding carboxylic acids is 2. The second-order valence-electron chi connectivity index (χ2n) is 7.94. The van der Waals surface area contributed by atoms with E-state index in [-0.39, 0.29) is 18.0 Å². The number of ether oxygens (including phenoxy) is 2. The molecule has 1 aromatic carbocycles. The van der Waals surface area contributed by atoms with Gasteiger partial charge in [-0.2, -0.15) is 0 Å². The summed E-state index contributed by atoms with van der Waals surface area (Å²) >= 11 is 0.